The molecule has 2 heterocycles. The lowest BCUT2D eigenvalue weighted by molar-refractivity contribution is -0.119. The van der Waals surface area contributed by atoms with Crippen molar-refractivity contribution in [3.05, 3.63) is 59.2 Å². The second-order valence-electron chi connectivity index (χ2n) is 7.68. The standard InChI is InChI=1S/C22H23N3O6S/c1-14-7-8-16(32(29,30)24-9-11-31-12-10-24)13-19(14)23-20(26)15(2)25-21(27)17-5-3-4-6-18(17)22(25)28/h3-8,13,15H,9-12H2,1-2H3,(H,23,26). The molecule has 0 radical (unpaired) electrons. The van der Waals surface area contributed by atoms with E-state index in [0.29, 0.717) is 24.5 Å². The number of morpholine rings is 1. The number of rotatable bonds is 5. The Kier molecular flexibility index (Phi) is 5.85. The quantitative estimate of drug-likeness (QED) is 0.683. The Balaban J connectivity index is 1.55. The predicted molar refractivity (Wildman–Crippen MR) is 116 cm³/mol. The van der Waals surface area contributed by atoms with E-state index in [-0.39, 0.29) is 29.1 Å². The van der Waals surface area contributed by atoms with Gasteiger partial charge in [-0.1, -0.05) is 18.2 Å². The van der Waals surface area contributed by atoms with E-state index in [0.717, 1.165) is 4.90 Å². The van der Waals surface area contributed by atoms with Crippen molar-refractivity contribution in [2.24, 2.45) is 0 Å². The first kappa shape index (κ1) is 22.1. The van der Waals surface area contributed by atoms with E-state index in [1.54, 1.807) is 37.3 Å². The second kappa shape index (κ2) is 8.45. The number of benzene rings is 2. The Morgan fingerprint density at radius 2 is 1.62 bits per heavy atom. The van der Waals surface area contributed by atoms with Crippen molar-refractivity contribution in [2.75, 3.05) is 31.6 Å². The molecule has 1 unspecified atom stereocenters. The third kappa shape index (κ3) is 3.81. The van der Waals surface area contributed by atoms with Crippen LogP contribution in [0, 0.1) is 6.92 Å². The van der Waals surface area contributed by atoms with Gasteiger partial charge in [-0.2, -0.15) is 4.31 Å². The average molecular weight is 458 g/mol. The second-order valence-corrected chi connectivity index (χ2v) is 9.62. The molecule has 2 aromatic carbocycles. The largest absolute Gasteiger partial charge is 0.379 e. The van der Waals surface area contributed by atoms with Gasteiger partial charge in [0.1, 0.15) is 6.04 Å². The maximum Gasteiger partial charge on any atom is 0.262 e. The molecule has 2 aliphatic heterocycles. The smallest absolute Gasteiger partial charge is 0.262 e. The first-order valence-corrected chi connectivity index (χ1v) is 11.6. The topological polar surface area (TPSA) is 113 Å². The van der Waals surface area contributed by atoms with Gasteiger partial charge < -0.3 is 10.1 Å². The highest BCUT2D eigenvalue weighted by atomic mass is 32.2. The molecule has 1 atom stereocenters. The Labute approximate surface area is 186 Å². The summed E-state index contributed by atoms with van der Waals surface area (Å²) in [6.07, 6.45) is 0. The van der Waals surface area contributed by atoms with Gasteiger partial charge in [-0.15, -0.1) is 0 Å². The molecule has 1 saturated heterocycles. The molecule has 10 heteroatoms. The number of amides is 3. The lowest BCUT2D eigenvalue weighted by Gasteiger charge is -2.26. The van der Waals surface area contributed by atoms with Gasteiger partial charge in [0, 0.05) is 18.8 Å². The summed E-state index contributed by atoms with van der Waals surface area (Å²) >= 11 is 0. The highest BCUT2D eigenvalue weighted by Crippen LogP contribution is 2.27. The monoisotopic (exact) mass is 457 g/mol. The Morgan fingerprint density at radius 3 is 2.22 bits per heavy atom. The summed E-state index contributed by atoms with van der Waals surface area (Å²) < 4.78 is 32.5. The van der Waals surface area contributed by atoms with Crippen LogP contribution in [-0.4, -0.2) is 67.7 Å². The van der Waals surface area contributed by atoms with E-state index in [9.17, 15) is 22.8 Å². The highest BCUT2D eigenvalue weighted by Gasteiger charge is 2.40. The van der Waals surface area contributed by atoms with Crippen molar-refractivity contribution in [1.82, 2.24) is 9.21 Å². The molecule has 2 aliphatic rings. The minimum atomic E-state index is -3.74. The molecule has 0 bridgehead atoms. The number of sulfonamides is 1. The van der Waals surface area contributed by atoms with Crippen molar-refractivity contribution in [1.29, 1.82) is 0 Å². The van der Waals surface area contributed by atoms with Crippen molar-refractivity contribution in [3.8, 4) is 0 Å². The molecule has 3 amide bonds. The molecule has 2 aromatic rings. The third-order valence-electron chi connectivity index (χ3n) is 5.67. The Hall–Kier alpha value is -3.08. The first-order valence-electron chi connectivity index (χ1n) is 10.2. The van der Waals surface area contributed by atoms with Crippen LogP contribution in [0.2, 0.25) is 0 Å². The van der Waals surface area contributed by atoms with Crippen LogP contribution in [0.15, 0.2) is 47.4 Å². The minimum absolute atomic E-state index is 0.0497. The SMILES string of the molecule is Cc1ccc(S(=O)(=O)N2CCOCC2)cc1NC(=O)C(C)N1C(=O)c2ccccc2C1=O. The zero-order valence-electron chi connectivity index (χ0n) is 17.7. The molecule has 0 aliphatic carbocycles. The molecule has 168 valence electrons. The van der Waals surface area contributed by atoms with Crippen LogP contribution in [-0.2, 0) is 19.6 Å². The van der Waals surface area contributed by atoms with Gasteiger partial charge in [0.25, 0.3) is 11.8 Å². The third-order valence-corrected chi connectivity index (χ3v) is 7.56. The van der Waals surface area contributed by atoms with Gasteiger partial charge in [0.15, 0.2) is 0 Å². The minimum Gasteiger partial charge on any atom is -0.379 e. The maximum absolute atomic E-state index is 13.0. The summed E-state index contributed by atoms with van der Waals surface area (Å²) in [6, 6.07) is 9.81. The molecule has 1 N–H and O–H groups in total. The fourth-order valence-electron chi connectivity index (χ4n) is 3.75. The number of carbonyl (C=O) groups is 3. The van der Waals surface area contributed by atoms with Crippen LogP contribution in [0.3, 0.4) is 0 Å². The van der Waals surface area contributed by atoms with Gasteiger partial charge in [0.2, 0.25) is 15.9 Å². The number of ether oxygens (including phenoxy) is 1. The lowest BCUT2D eigenvalue weighted by Crippen LogP contribution is -2.45. The first-order chi connectivity index (χ1) is 15.2. The van der Waals surface area contributed by atoms with Crippen molar-refractivity contribution in [3.63, 3.8) is 0 Å². The van der Waals surface area contributed by atoms with Gasteiger partial charge in [-0.3, -0.25) is 19.3 Å². The summed E-state index contributed by atoms with van der Waals surface area (Å²) in [6.45, 7) is 4.36. The number of anilines is 1. The fraction of sp³-hybridized carbons (Fsp3) is 0.318. The summed E-state index contributed by atoms with van der Waals surface area (Å²) in [5, 5.41) is 2.68. The van der Waals surface area contributed by atoms with E-state index < -0.39 is 33.8 Å². The van der Waals surface area contributed by atoms with Crippen LogP contribution < -0.4 is 5.32 Å². The van der Waals surface area contributed by atoms with Crippen LogP contribution in [0.25, 0.3) is 0 Å². The summed E-state index contributed by atoms with van der Waals surface area (Å²) in [5.74, 6) is -1.66. The highest BCUT2D eigenvalue weighted by molar-refractivity contribution is 7.89. The van der Waals surface area contributed by atoms with Gasteiger partial charge in [-0.05, 0) is 43.7 Å². The van der Waals surface area contributed by atoms with Crippen LogP contribution in [0.4, 0.5) is 5.69 Å². The van der Waals surface area contributed by atoms with Gasteiger partial charge >= 0.3 is 0 Å². The van der Waals surface area contributed by atoms with E-state index in [1.807, 2.05) is 0 Å². The fourth-order valence-corrected chi connectivity index (χ4v) is 5.18. The molecule has 9 nitrogen and oxygen atoms in total. The molecular weight excluding hydrogens is 434 g/mol. The number of imide groups is 1. The molecule has 0 saturated carbocycles. The maximum atomic E-state index is 13.0. The number of hydrogen-bond donors (Lipinski definition) is 1. The molecule has 0 aromatic heterocycles. The normalized spacial score (nSPS) is 17.9. The van der Waals surface area contributed by atoms with E-state index in [2.05, 4.69) is 5.32 Å². The summed E-state index contributed by atoms with van der Waals surface area (Å²) in [5.41, 5.74) is 1.46. The van der Waals surface area contributed by atoms with E-state index in [1.165, 1.54) is 23.4 Å². The van der Waals surface area contributed by atoms with Crippen LogP contribution in [0.5, 0.6) is 0 Å². The zero-order chi connectivity index (χ0) is 23.0. The number of nitrogens with one attached hydrogen (secondary N) is 1. The van der Waals surface area contributed by atoms with Crippen molar-refractivity contribution < 1.29 is 27.5 Å². The number of carbonyl (C=O) groups excluding carboxylic acids is 3. The van der Waals surface area contributed by atoms with Gasteiger partial charge in [-0.25, -0.2) is 8.42 Å². The van der Waals surface area contributed by atoms with E-state index in [4.69, 9.17) is 4.74 Å². The number of hydrogen-bond acceptors (Lipinski definition) is 6. The average Bonchev–Trinajstić information content (AvgIpc) is 3.05. The molecule has 32 heavy (non-hydrogen) atoms. The van der Waals surface area contributed by atoms with Crippen molar-refractivity contribution in [2.45, 2.75) is 24.8 Å². The Bertz CT molecular complexity index is 1170. The van der Waals surface area contributed by atoms with Crippen LogP contribution >= 0.6 is 0 Å². The molecule has 1 fully saturated rings. The number of nitrogens with zero attached hydrogens (tertiary/aromatic N) is 2. The molecule has 4 rings (SSSR count). The van der Waals surface area contributed by atoms with Gasteiger partial charge in [0.05, 0.1) is 29.2 Å². The number of aryl methyl sites for hydroxylation is 1. The summed E-state index contributed by atoms with van der Waals surface area (Å²) in [4.78, 5) is 39.2. The Morgan fingerprint density at radius 1 is 1.03 bits per heavy atom. The molecular formula is C22H23N3O6S. The van der Waals surface area contributed by atoms with Crippen LogP contribution in [0.1, 0.15) is 33.2 Å². The zero-order valence-corrected chi connectivity index (χ0v) is 18.5. The van der Waals surface area contributed by atoms with Crippen molar-refractivity contribution >= 4 is 33.4 Å². The number of fused-ring (bicyclic) bond motifs is 1. The lowest BCUT2D eigenvalue weighted by atomic mass is 10.1. The predicted octanol–water partition coefficient (Wildman–Crippen LogP) is 1.64. The molecule has 0 spiro atoms. The summed E-state index contributed by atoms with van der Waals surface area (Å²) in [7, 11) is -3.74. The van der Waals surface area contributed by atoms with E-state index >= 15 is 0 Å².